The van der Waals surface area contributed by atoms with Crippen molar-refractivity contribution in [1.82, 2.24) is 4.98 Å². The summed E-state index contributed by atoms with van der Waals surface area (Å²) >= 11 is 0. The smallest absolute Gasteiger partial charge is 0.416 e. The number of nitrogens with two attached hydrogens (primary N) is 1. The predicted molar refractivity (Wildman–Crippen MR) is 134 cm³/mol. The van der Waals surface area contributed by atoms with Gasteiger partial charge in [-0.15, -0.1) is 0 Å². The lowest BCUT2D eigenvalue weighted by atomic mass is 10.1. The number of ether oxygens (including phenoxy) is 3. The lowest BCUT2D eigenvalue weighted by molar-refractivity contribution is -0.138. The highest BCUT2D eigenvalue weighted by Gasteiger charge is 2.27. The highest BCUT2D eigenvalue weighted by atomic mass is 32.2. The minimum Gasteiger partial charge on any atom is -0.495 e. The average Bonchev–Trinajstić information content (AvgIpc) is 2.74. The van der Waals surface area contributed by atoms with E-state index < -0.39 is 34.4 Å². The van der Waals surface area contributed by atoms with Gasteiger partial charge in [0.1, 0.15) is 23.7 Å². The van der Waals surface area contributed by atoms with Crippen molar-refractivity contribution >= 4 is 44.7 Å². The van der Waals surface area contributed by atoms with Crippen molar-refractivity contribution in [2.24, 2.45) is 11.1 Å². The van der Waals surface area contributed by atoms with Gasteiger partial charge in [0.25, 0.3) is 10.2 Å². The quantitative estimate of drug-likeness (QED) is 0.507. The summed E-state index contributed by atoms with van der Waals surface area (Å²) in [5.74, 6) is 0.0120. The summed E-state index contributed by atoms with van der Waals surface area (Å²) in [7, 11) is -1.86. The monoisotopic (exact) mass is 510 g/mol. The molecule has 0 bridgehead atoms. The van der Waals surface area contributed by atoms with Gasteiger partial charge in [0.2, 0.25) is 0 Å². The maximum absolute atomic E-state index is 13.0. The maximum Gasteiger partial charge on any atom is 0.416 e. The number of anilines is 2. The van der Waals surface area contributed by atoms with Crippen molar-refractivity contribution in [2.75, 3.05) is 36.5 Å². The Bertz CT molecular complexity index is 1180. The minimum atomic E-state index is -4.36. The van der Waals surface area contributed by atoms with E-state index in [1.807, 2.05) is 13.8 Å². The molecule has 2 N–H and O–H groups in total. The van der Waals surface area contributed by atoms with Crippen LogP contribution in [0.15, 0.2) is 24.3 Å². The molecule has 0 fully saturated rings. The second-order valence-corrected chi connectivity index (χ2v) is 10.8. The molecule has 1 amide bonds. The first-order chi connectivity index (χ1) is 16.2. The molecule has 35 heavy (non-hydrogen) atoms. The van der Waals surface area contributed by atoms with E-state index in [4.69, 9.17) is 14.6 Å². The Labute approximate surface area is 206 Å². The topological polar surface area (TPSA) is 141 Å². The van der Waals surface area contributed by atoms with Crippen molar-refractivity contribution in [1.29, 1.82) is 0 Å². The Morgan fingerprint density at radius 2 is 1.80 bits per heavy atom. The summed E-state index contributed by atoms with van der Waals surface area (Å²) in [4.78, 5) is 30.9. The molecule has 0 aliphatic heterocycles. The van der Waals surface area contributed by atoms with Crippen LogP contribution in [-0.2, 0) is 24.5 Å². The van der Waals surface area contributed by atoms with Crippen LogP contribution < -0.4 is 19.1 Å². The fraction of sp³-hybridized carbons (Fsp3) is 0.522. The van der Waals surface area contributed by atoms with Gasteiger partial charge in [-0.05, 0) is 57.4 Å². The second-order valence-electron chi connectivity index (χ2n) is 9.33. The molecule has 1 heterocycles. The van der Waals surface area contributed by atoms with Crippen LogP contribution in [0.25, 0.3) is 10.9 Å². The Morgan fingerprint density at radius 3 is 2.31 bits per heavy atom. The number of amides is 1. The SMILES string of the molecule is COC(=O)CN(c1cc2nc(N(CCC(C)C)C(=O)OC(C)(C)C)ccc2cc1OC)S(N)(=O)=O. The molecule has 0 aliphatic carbocycles. The Morgan fingerprint density at radius 1 is 1.14 bits per heavy atom. The third-order valence-electron chi connectivity index (χ3n) is 4.87. The number of rotatable bonds is 9. The van der Waals surface area contributed by atoms with Crippen molar-refractivity contribution < 1.29 is 32.2 Å². The molecule has 0 spiro atoms. The minimum absolute atomic E-state index is 0.00329. The van der Waals surface area contributed by atoms with Crippen LogP contribution in [0.1, 0.15) is 41.0 Å². The summed E-state index contributed by atoms with van der Waals surface area (Å²) in [5, 5.41) is 5.99. The standard InChI is InChI=1S/C23H34N4O7S/c1-15(2)10-11-26(22(29)34-23(3,4)5)20-9-8-16-12-19(32-6)18(13-17(16)25-20)27(35(24,30)31)14-21(28)33-7/h8-9,12-13,15H,10-11,14H2,1-7H3,(H2,24,30,31). The van der Waals surface area contributed by atoms with Crippen molar-refractivity contribution in [3.63, 3.8) is 0 Å². The summed E-state index contributed by atoms with van der Waals surface area (Å²) in [6, 6.07) is 6.42. The van der Waals surface area contributed by atoms with E-state index in [9.17, 15) is 18.0 Å². The molecular formula is C23H34N4O7S. The first-order valence-corrected chi connectivity index (χ1v) is 12.5. The molecule has 1 aromatic heterocycles. The van der Waals surface area contributed by atoms with Crippen LogP contribution in [0.3, 0.4) is 0 Å². The number of pyridine rings is 1. The van der Waals surface area contributed by atoms with Crippen molar-refractivity contribution in [3.05, 3.63) is 24.3 Å². The molecular weight excluding hydrogens is 476 g/mol. The maximum atomic E-state index is 13.0. The zero-order chi connectivity index (χ0) is 26.6. The number of benzene rings is 1. The molecule has 194 valence electrons. The molecule has 0 saturated carbocycles. The van der Waals surface area contributed by atoms with E-state index in [-0.39, 0.29) is 11.4 Å². The van der Waals surface area contributed by atoms with E-state index in [0.717, 1.165) is 7.11 Å². The van der Waals surface area contributed by atoms with E-state index in [2.05, 4.69) is 9.72 Å². The van der Waals surface area contributed by atoms with Crippen LogP contribution in [0, 0.1) is 5.92 Å². The van der Waals surface area contributed by atoms with E-state index >= 15 is 0 Å². The van der Waals surface area contributed by atoms with Gasteiger partial charge in [0.05, 0.1) is 25.4 Å². The van der Waals surface area contributed by atoms with Gasteiger partial charge in [0.15, 0.2) is 0 Å². The summed E-state index contributed by atoms with van der Waals surface area (Å²) in [6.45, 7) is 9.14. The number of hydrogen-bond donors (Lipinski definition) is 1. The number of carbonyl (C=O) groups is 2. The molecule has 11 nitrogen and oxygen atoms in total. The van der Waals surface area contributed by atoms with Crippen molar-refractivity contribution in [3.8, 4) is 5.75 Å². The van der Waals surface area contributed by atoms with Crippen LogP contribution in [-0.4, -0.2) is 58.4 Å². The fourth-order valence-corrected chi connectivity index (χ4v) is 3.84. The molecule has 2 aromatic rings. The summed E-state index contributed by atoms with van der Waals surface area (Å²) < 4.78 is 40.8. The van der Waals surface area contributed by atoms with Crippen LogP contribution in [0.2, 0.25) is 0 Å². The third kappa shape index (κ3) is 7.69. The number of esters is 1. The van der Waals surface area contributed by atoms with Gasteiger partial charge < -0.3 is 14.2 Å². The van der Waals surface area contributed by atoms with Crippen LogP contribution >= 0.6 is 0 Å². The van der Waals surface area contributed by atoms with Gasteiger partial charge in [-0.25, -0.2) is 19.2 Å². The van der Waals surface area contributed by atoms with E-state index in [1.54, 1.807) is 39.0 Å². The Kier molecular flexibility index (Phi) is 8.90. The summed E-state index contributed by atoms with van der Waals surface area (Å²) in [6.07, 6.45) is 0.168. The third-order valence-corrected chi connectivity index (χ3v) is 5.81. The molecule has 0 saturated heterocycles. The highest BCUT2D eigenvalue weighted by Crippen LogP contribution is 2.34. The normalized spacial score (nSPS) is 11.9. The molecule has 1 aromatic carbocycles. The summed E-state index contributed by atoms with van der Waals surface area (Å²) in [5.41, 5.74) is -0.340. The molecule has 0 aliphatic rings. The van der Waals surface area contributed by atoms with Gasteiger partial charge in [-0.2, -0.15) is 8.42 Å². The first-order valence-electron chi connectivity index (χ1n) is 11.0. The van der Waals surface area contributed by atoms with Gasteiger partial charge in [-0.1, -0.05) is 13.8 Å². The van der Waals surface area contributed by atoms with Crippen LogP contribution in [0.4, 0.5) is 16.3 Å². The van der Waals surface area contributed by atoms with Crippen LogP contribution in [0.5, 0.6) is 5.75 Å². The fourth-order valence-electron chi connectivity index (χ4n) is 3.13. The predicted octanol–water partition coefficient (Wildman–Crippen LogP) is 3.21. The number of carbonyl (C=O) groups excluding carboxylic acids is 2. The number of methoxy groups -OCH3 is 2. The van der Waals surface area contributed by atoms with Gasteiger partial charge in [-0.3, -0.25) is 9.69 Å². The number of nitrogens with zero attached hydrogens (tertiary/aromatic N) is 3. The zero-order valence-electron chi connectivity index (χ0n) is 21.2. The Hall–Kier alpha value is -3.12. The van der Waals surface area contributed by atoms with Gasteiger partial charge in [0, 0.05) is 11.9 Å². The Balaban J connectivity index is 2.64. The lowest BCUT2D eigenvalue weighted by Crippen LogP contribution is -2.41. The molecule has 0 unspecified atom stereocenters. The average molecular weight is 511 g/mol. The number of hydrogen-bond acceptors (Lipinski definition) is 8. The first kappa shape index (κ1) is 28.1. The van der Waals surface area contributed by atoms with Gasteiger partial charge >= 0.3 is 12.1 Å². The molecule has 0 radical (unpaired) electrons. The largest absolute Gasteiger partial charge is 0.495 e. The number of fused-ring (bicyclic) bond motifs is 1. The zero-order valence-corrected chi connectivity index (χ0v) is 22.0. The highest BCUT2D eigenvalue weighted by molar-refractivity contribution is 7.90. The van der Waals surface area contributed by atoms with E-state index in [1.165, 1.54) is 18.1 Å². The lowest BCUT2D eigenvalue weighted by Gasteiger charge is -2.27. The second kappa shape index (κ2) is 11.1. The van der Waals surface area contributed by atoms with E-state index in [0.29, 0.717) is 39.9 Å². The molecule has 12 heteroatoms. The molecule has 2 rings (SSSR count). The molecule has 0 atom stereocenters. The van der Waals surface area contributed by atoms with Crippen molar-refractivity contribution in [2.45, 2.75) is 46.6 Å². The number of aromatic nitrogens is 1.